The number of ether oxygens (including phenoxy) is 1. The standard InChI is InChI=1S/C22H28F2N2O3/c23-21(24)29-18-3-1-14(2-4-18)13-26-19(27)5-6-25-20(28)22-10-15-7-16(11-22)9-17(8-15)12-22/h1-4,15-17,21H,5-13H2,(H,25,28)(H,26,27). The first-order valence-corrected chi connectivity index (χ1v) is 10.5. The van der Waals surface area contributed by atoms with E-state index in [0.717, 1.165) is 24.8 Å². The molecule has 1 aromatic carbocycles. The van der Waals surface area contributed by atoms with Gasteiger partial charge in [-0.2, -0.15) is 8.78 Å². The van der Waals surface area contributed by atoms with Crippen LogP contribution in [0.15, 0.2) is 24.3 Å². The Morgan fingerprint density at radius 1 is 1.00 bits per heavy atom. The molecule has 1 aromatic rings. The second-order valence-electron chi connectivity index (χ2n) is 9.00. The highest BCUT2D eigenvalue weighted by Gasteiger charge is 2.54. The maximum atomic E-state index is 12.9. The summed E-state index contributed by atoms with van der Waals surface area (Å²) in [6.45, 7) is -2.21. The van der Waals surface area contributed by atoms with Crippen LogP contribution in [0, 0.1) is 23.2 Å². The van der Waals surface area contributed by atoms with E-state index in [1.54, 1.807) is 12.1 Å². The molecule has 4 aliphatic carbocycles. The Balaban J connectivity index is 1.18. The summed E-state index contributed by atoms with van der Waals surface area (Å²) in [6.07, 6.45) is 7.16. The Labute approximate surface area is 169 Å². The van der Waals surface area contributed by atoms with Crippen LogP contribution in [-0.2, 0) is 16.1 Å². The number of halogens is 2. The molecule has 0 aromatic heterocycles. The minimum atomic E-state index is -2.85. The molecule has 0 atom stereocenters. The van der Waals surface area contributed by atoms with Gasteiger partial charge in [-0.3, -0.25) is 9.59 Å². The smallest absolute Gasteiger partial charge is 0.387 e. The van der Waals surface area contributed by atoms with Gasteiger partial charge in [0.2, 0.25) is 11.8 Å². The first kappa shape index (κ1) is 20.1. The normalized spacial score (nSPS) is 29.7. The van der Waals surface area contributed by atoms with E-state index < -0.39 is 6.61 Å². The van der Waals surface area contributed by atoms with Crippen LogP contribution in [0.4, 0.5) is 8.78 Å². The molecule has 4 aliphatic rings. The average molecular weight is 406 g/mol. The van der Waals surface area contributed by atoms with Gasteiger partial charge in [-0.15, -0.1) is 0 Å². The van der Waals surface area contributed by atoms with Crippen molar-refractivity contribution in [2.75, 3.05) is 6.54 Å². The van der Waals surface area contributed by atoms with Gasteiger partial charge in [-0.1, -0.05) is 12.1 Å². The Bertz CT molecular complexity index is 716. The lowest BCUT2D eigenvalue weighted by Crippen LogP contribution is -2.53. The predicted octanol–water partition coefficient (Wildman–Crippen LogP) is 3.63. The van der Waals surface area contributed by atoms with Gasteiger partial charge in [0.25, 0.3) is 0 Å². The van der Waals surface area contributed by atoms with Gasteiger partial charge in [0, 0.05) is 24.9 Å². The summed E-state index contributed by atoms with van der Waals surface area (Å²) in [5, 5.41) is 5.80. The maximum Gasteiger partial charge on any atom is 0.387 e. The summed E-state index contributed by atoms with van der Waals surface area (Å²) in [7, 11) is 0. The zero-order valence-corrected chi connectivity index (χ0v) is 16.5. The molecule has 0 radical (unpaired) electrons. The van der Waals surface area contributed by atoms with Gasteiger partial charge in [0.05, 0.1) is 0 Å². The summed E-state index contributed by atoms with van der Waals surface area (Å²) in [5.41, 5.74) is 0.602. The van der Waals surface area contributed by atoms with Crippen LogP contribution in [0.5, 0.6) is 5.75 Å². The van der Waals surface area contributed by atoms with E-state index in [9.17, 15) is 18.4 Å². The lowest BCUT2D eigenvalue weighted by Gasteiger charge is -2.55. The number of hydrogen-bond acceptors (Lipinski definition) is 3. The predicted molar refractivity (Wildman–Crippen MR) is 103 cm³/mol. The van der Waals surface area contributed by atoms with Crippen molar-refractivity contribution in [3.63, 3.8) is 0 Å². The van der Waals surface area contributed by atoms with Gasteiger partial charge < -0.3 is 15.4 Å². The number of carbonyl (C=O) groups is 2. The van der Waals surface area contributed by atoms with Crippen molar-refractivity contribution in [2.24, 2.45) is 23.2 Å². The van der Waals surface area contributed by atoms with Crippen molar-refractivity contribution >= 4 is 11.8 Å². The fraction of sp³-hybridized carbons (Fsp3) is 0.636. The number of nitrogens with one attached hydrogen (secondary N) is 2. The molecule has 7 heteroatoms. The monoisotopic (exact) mass is 406 g/mol. The third-order valence-corrected chi connectivity index (χ3v) is 6.80. The van der Waals surface area contributed by atoms with E-state index in [1.807, 2.05) is 0 Å². The summed E-state index contributed by atoms with van der Waals surface area (Å²) in [5.74, 6) is 2.22. The summed E-state index contributed by atoms with van der Waals surface area (Å²) in [4.78, 5) is 24.9. The van der Waals surface area contributed by atoms with E-state index in [4.69, 9.17) is 0 Å². The third-order valence-electron chi connectivity index (χ3n) is 6.80. The summed E-state index contributed by atoms with van der Waals surface area (Å²) >= 11 is 0. The van der Waals surface area contributed by atoms with Crippen LogP contribution >= 0.6 is 0 Å². The van der Waals surface area contributed by atoms with Crippen molar-refractivity contribution in [3.05, 3.63) is 29.8 Å². The molecule has 0 spiro atoms. The molecule has 5 rings (SSSR count). The van der Waals surface area contributed by atoms with E-state index in [-0.39, 0.29) is 29.4 Å². The first-order valence-electron chi connectivity index (χ1n) is 10.5. The van der Waals surface area contributed by atoms with Gasteiger partial charge in [-0.05, 0) is 74.0 Å². The maximum absolute atomic E-state index is 12.9. The van der Waals surface area contributed by atoms with Crippen molar-refractivity contribution in [1.82, 2.24) is 10.6 Å². The minimum absolute atomic E-state index is 0.0856. The first-order chi connectivity index (χ1) is 13.9. The highest BCUT2D eigenvalue weighted by Crippen LogP contribution is 2.60. The Morgan fingerprint density at radius 2 is 1.59 bits per heavy atom. The third kappa shape index (κ3) is 4.70. The highest BCUT2D eigenvalue weighted by molar-refractivity contribution is 5.84. The Morgan fingerprint density at radius 3 is 2.14 bits per heavy atom. The van der Waals surface area contributed by atoms with Crippen molar-refractivity contribution in [2.45, 2.75) is 58.1 Å². The largest absolute Gasteiger partial charge is 0.435 e. The number of hydrogen-bond donors (Lipinski definition) is 2. The Hall–Kier alpha value is -2.18. The topological polar surface area (TPSA) is 67.4 Å². The van der Waals surface area contributed by atoms with Gasteiger partial charge in [0.1, 0.15) is 5.75 Å². The van der Waals surface area contributed by atoms with Crippen LogP contribution in [0.3, 0.4) is 0 Å². The fourth-order valence-electron chi connectivity index (χ4n) is 5.94. The highest BCUT2D eigenvalue weighted by atomic mass is 19.3. The second-order valence-corrected chi connectivity index (χ2v) is 9.00. The van der Waals surface area contributed by atoms with Crippen molar-refractivity contribution in [1.29, 1.82) is 0 Å². The fourth-order valence-corrected chi connectivity index (χ4v) is 5.94. The number of rotatable bonds is 8. The molecule has 4 fully saturated rings. The molecular weight excluding hydrogens is 378 g/mol. The number of amides is 2. The SMILES string of the molecule is O=C(CCNC(=O)C12CC3CC(CC(C3)C1)C2)NCc1ccc(OC(F)F)cc1. The van der Waals surface area contributed by atoms with Crippen LogP contribution in [-0.4, -0.2) is 25.0 Å². The molecule has 2 N–H and O–H groups in total. The molecule has 5 nitrogen and oxygen atoms in total. The number of alkyl halides is 2. The summed E-state index contributed by atoms with van der Waals surface area (Å²) < 4.78 is 28.6. The number of carbonyl (C=O) groups excluding carboxylic acids is 2. The Kier molecular flexibility index (Phi) is 5.74. The van der Waals surface area contributed by atoms with E-state index in [1.165, 1.54) is 31.4 Å². The van der Waals surface area contributed by atoms with Gasteiger partial charge >= 0.3 is 6.61 Å². The van der Waals surface area contributed by atoms with Crippen LogP contribution in [0.2, 0.25) is 0 Å². The van der Waals surface area contributed by atoms with E-state index in [0.29, 0.717) is 30.8 Å². The van der Waals surface area contributed by atoms with Gasteiger partial charge in [-0.25, -0.2) is 0 Å². The zero-order chi connectivity index (χ0) is 20.4. The minimum Gasteiger partial charge on any atom is -0.435 e. The molecule has 29 heavy (non-hydrogen) atoms. The molecule has 0 heterocycles. The molecule has 158 valence electrons. The molecular formula is C22H28F2N2O3. The lowest BCUT2D eigenvalue weighted by atomic mass is 9.49. The lowest BCUT2D eigenvalue weighted by molar-refractivity contribution is -0.146. The van der Waals surface area contributed by atoms with Crippen LogP contribution in [0.1, 0.15) is 50.5 Å². The second kappa shape index (κ2) is 8.28. The van der Waals surface area contributed by atoms with Crippen molar-refractivity contribution < 1.29 is 23.1 Å². The quantitative estimate of drug-likeness (QED) is 0.693. The molecule has 4 bridgehead atoms. The molecule has 4 saturated carbocycles. The molecule has 0 saturated heterocycles. The van der Waals surface area contributed by atoms with Crippen molar-refractivity contribution in [3.8, 4) is 5.75 Å². The van der Waals surface area contributed by atoms with E-state index in [2.05, 4.69) is 15.4 Å². The molecule has 0 unspecified atom stereocenters. The van der Waals surface area contributed by atoms with Crippen LogP contribution in [0.25, 0.3) is 0 Å². The molecule has 0 aliphatic heterocycles. The van der Waals surface area contributed by atoms with E-state index >= 15 is 0 Å². The number of benzene rings is 1. The van der Waals surface area contributed by atoms with Crippen LogP contribution < -0.4 is 15.4 Å². The average Bonchev–Trinajstić information content (AvgIpc) is 2.66. The molecule has 2 amide bonds. The zero-order valence-electron chi connectivity index (χ0n) is 16.5. The summed E-state index contributed by atoms with van der Waals surface area (Å²) in [6, 6.07) is 6.15. The van der Waals surface area contributed by atoms with Gasteiger partial charge in [0.15, 0.2) is 0 Å².